The van der Waals surface area contributed by atoms with E-state index in [9.17, 15) is 14.7 Å². The zero-order valence-electron chi connectivity index (χ0n) is 16.5. The number of aromatic hydroxyl groups is 1. The van der Waals surface area contributed by atoms with Crippen LogP contribution in [-0.4, -0.2) is 35.5 Å². The van der Waals surface area contributed by atoms with Gasteiger partial charge in [-0.2, -0.15) is 0 Å². The molecule has 2 atom stereocenters. The zero-order valence-corrected chi connectivity index (χ0v) is 19.7. The quantitative estimate of drug-likeness (QED) is 0.194. The standard InChI is InChI=1S/C21H22Br2N2O6/c1-30-17(9-5-6-10-18(26)25-29)20(15-11-13(22)12-16(23)19(15)27)31-21(28)24-14-7-3-2-4-8-14/h2-4,6-8,10-12,17,20,27,29H,5,9H2,1H3,(H,24,28)(H,25,26)/b10-6+/t17-,20-/m1/s1. The van der Waals surface area contributed by atoms with Crippen LogP contribution in [0.3, 0.4) is 0 Å². The summed E-state index contributed by atoms with van der Waals surface area (Å²) in [6.07, 6.45) is 1.16. The molecule has 10 heteroatoms. The van der Waals surface area contributed by atoms with Crippen molar-refractivity contribution in [3.05, 3.63) is 69.1 Å². The highest BCUT2D eigenvalue weighted by Crippen LogP contribution is 2.39. The highest BCUT2D eigenvalue weighted by atomic mass is 79.9. The number of carbonyl (C=O) groups is 2. The Morgan fingerprint density at radius 2 is 1.90 bits per heavy atom. The lowest BCUT2D eigenvalue weighted by molar-refractivity contribution is -0.124. The van der Waals surface area contributed by atoms with E-state index in [0.717, 1.165) is 0 Å². The first kappa shape index (κ1) is 24.9. The van der Waals surface area contributed by atoms with Crippen molar-refractivity contribution in [2.75, 3.05) is 12.4 Å². The van der Waals surface area contributed by atoms with Gasteiger partial charge < -0.3 is 14.6 Å². The number of methoxy groups -OCH3 is 1. The SMILES string of the molecule is CO[C@H](CC/C=C/C(=O)NO)[C@H](OC(=O)Nc1ccccc1)c1cc(Br)cc(Br)c1O. The number of nitrogens with one attached hydrogen (secondary N) is 2. The van der Waals surface area contributed by atoms with E-state index in [2.05, 4.69) is 37.2 Å². The molecule has 0 aliphatic heterocycles. The Balaban J connectivity index is 2.27. The third kappa shape index (κ3) is 7.66. The topological polar surface area (TPSA) is 117 Å². The number of halogens is 2. The lowest BCUT2D eigenvalue weighted by atomic mass is 9.99. The molecule has 0 fully saturated rings. The number of anilines is 1. The van der Waals surface area contributed by atoms with Crippen molar-refractivity contribution >= 4 is 49.5 Å². The molecule has 4 N–H and O–H groups in total. The van der Waals surface area contributed by atoms with Crippen LogP contribution in [0.5, 0.6) is 5.75 Å². The molecule has 8 nitrogen and oxygen atoms in total. The number of rotatable bonds is 9. The Hall–Kier alpha value is -2.40. The van der Waals surface area contributed by atoms with Gasteiger partial charge in [-0.15, -0.1) is 0 Å². The van der Waals surface area contributed by atoms with Crippen molar-refractivity contribution in [3.63, 3.8) is 0 Å². The Kier molecular flexibility index (Phi) is 9.99. The van der Waals surface area contributed by atoms with Gasteiger partial charge in [-0.25, -0.2) is 10.3 Å². The number of hydrogen-bond donors (Lipinski definition) is 4. The summed E-state index contributed by atoms with van der Waals surface area (Å²) in [7, 11) is 1.46. The molecule has 0 unspecified atom stereocenters. The highest BCUT2D eigenvalue weighted by Gasteiger charge is 2.30. The van der Waals surface area contributed by atoms with Crippen molar-refractivity contribution in [1.29, 1.82) is 0 Å². The number of allylic oxidation sites excluding steroid dienone is 1. The smallest absolute Gasteiger partial charge is 0.412 e. The average molecular weight is 558 g/mol. The number of benzene rings is 2. The summed E-state index contributed by atoms with van der Waals surface area (Å²) >= 11 is 6.66. The van der Waals surface area contributed by atoms with Crippen LogP contribution in [0.15, 0.2) is 63.6 Å². The van der Waals surface area contributed by atoms with Gasteiger partial charge >= 0.3 is 6.09 Å². The highest BCUT2D eigenvalue weighted by molar-refractivity contribution is 9.11. The first-order valence-corrected chi connectivity index (χ1v) is 10.8. The predicted octanol–water partition coefficient (Wildman–Crippen LogP) is 5.06. The second-order valence-electron chi connectivity index (χ2n) is 6.37. The number of para-hydroxylation sites is 1. The van der Waals surface area contributed by atoms with Gasteiger partial charge in [-0.05, 0) is 53.0 Å². The summed E-state index contributed by atoms with van der Waals surface area (Å²) in [5.41, 5.74) is 2.40. The summed E-state index contributed by atoms with van der Waals surface area (Å²) in [6, 6.07) is 12.1. The predicted molar refractivity (Wildman–Crippen MR) is 122 cm³/mol. The lowest BCUT2D eigenvalue weighted by Gasteiger charge is -2.27. The molecule has 0 radical (unpaired) electrons. The van der Waals surface area contributed by atoms with Crippen molar-refractivity contribution in [2.45, 2.75) is 25.0 Å². The summed E-state index contributed by atoms with van der Waals surface area (Å²) in [6.45, 7) is 0. The maximum absolute atomic E-state index is 12.6. The molecule has 0 heterocycles. The van der Waals surface area contributed by atoms with Gasteiger partial charge in [0, 0.05) is 28.9 Å². The van der Waals surface area contributed by atoms with E-state index in [1.807, 2.05) is 6.07 Å². The van der Waals surface area contributed by atoms with Crippen molar-refractivity contribution in [1.82, 2.24) is 5.48 Å². The minimum absolute atomic E-state index is 0.0852. The minimum atomic E-state index is -0.956. The van der Waals surface area contributed by atoms with Crippen LogP contribution >= 0.6 is 31.9 Å². The number of hydroxylamine groups is 1. The maximum Gasteiger partial charge on any atom is 0.412 e. The third-order valence-corrected chi connectivity index (χ3v) is 5.32. The van der Waals surface area contributed by atoms with Crippen molar-refractivity contribution in [2.24, 2.45) is 0 Å². The Morgan fingerprint density at radius 1 is 1.19 bits per heavy atom. The fourth-order valence-corrected chi connectivity index (χ4v) is 4.07. The van der Waals surface area contributed by atoms with Gasteiger partial charge in [-0.1, -0.05) is 40.2 Å². The van der Waals surface area contributed by atoms with Crippen molar-refractivity contribution in [3.8, 4) is 5.75 Å². The van der Waals surface area contributed by atoms with Gasteiger partial charge in [-0.3, -0.25) is 15.3 Å². The van der Waals surface area contributed by atoms with Gasteiger partial charge in [0.25, 0.3) is 5.91 Å². The summed E-state index contributed by atoms with van der Waals surface area (Å²) in [5, 5.41) is 21.8. The number of carbonyl (C=O) groups excluding carboxylic acids is 2. The van der Waals surface area contributed by atoms with Crippen LogP contribution in [0, 0.1) is 0 Å². The molecule has 2 rings (SSSR count). The van der Waals surface area contributed by atoms with Crippen LogP contribution in [0.4, 0.5) is 10.5 Å². The fourth-order valence-electron chi connectivity index (χ4n) is 2.81. The van der Waals surface area contributed by atoms with Gasteiger partial charge in [0.15, 0.2) is 6.10 Å². The molecule has 0 aliphatic rings. The van der Waals surface area contributed by atoms with Gasteiger partial charge in [0.2, 0.25) is 0 Å². The number of amides is 2. The Morgan fingerprint density at radius 3 is 2.55 bits per heavy atom. The Bertz CT molecular complexity index is 924. The number of phenols is 1. The first-order chi connectivity index (χ1) is 14.8. The molecule has 0 aliphatic carbocycles. The maximum atomic E-state index is 12.6. The molecule has 2 aromatic rings. The van der Waals surface area contributed by atoms with E-state index in [0.29, 0.717) is 33.0 Å². The second kappa shape index (κ2) is 12.5. The third-order valence-electron chi connectivity index (χ3n) is 4.26. The molecule has 31 heavy (non-hydrogen) atoms. The number of phenolic OH excluding ortho intramolecular Hbond substituents is 1. The van der Waals surface area contributed by atoms with Crippen LogP contribution < -0.4 is 10.8 Å². The lowest BCUT2D eigenvalue weighted by Crippen LogP contribution is -2.28. The molecule has 2 aromatic carbocycles. The average Bonchev–Trinajstić information content (AvgIpc) is 2.75. The van der Waals surface area contributed by atoms with Gasteiger partial charge in [0.05, 0.1) is 10.6 Å². The van der Waals surface area contributed by atoms with E-state index >= 15 is 0 Å². The molecule has 0 saturated heterocycles. The zero-order chi connectivity index (χ0) is 22.8. The minimum Gasteiger partial charge on any atom is -0.506 e. The second-order valence-corrected chi connectivity index (χ2v) is 8.14. The van der Waals surface area contributed by atoms with Crippen LogP contribution in [-0.2, 0) is 14.3 Å². The molecule has 0 saturated carbocycles. The number of ether oxygens (including phenoxy) is 2. The largest absolute Gasteiger partial charge is 0.506 e. The monoisotopic (exact) mass is 556 g/mol. The van der Waals surface area contributed by atoms with E-state index in [4.69, 9.17) is 14.7 Å². The van der Waals surface area contributed by atoms with Gasteiger partial charge in [0.1, 0.15) is 5.75 Å². The molecule has 0 bridgehead atoms. The molecule has 166 valence electrons. The van der Waals surface area contributed by atoms with E-state index in [1.54, 1.807) is 42.5 Å². The molecule has 0 aromatic heterocycles. The fraction of sp³-hybridized carbons (Fsp3) is 0.238. The molecular weight excluding hydrogens is 536 g/mol. The van der Waals surface area contributed by atoms with Crippen LogP contribution in [0.2, 0.25) is 0 Å². The van der Waals surface area contributed by atoms with Crippen molar-refractivity contribution < 1.29 is 29.4 Å². The molecule has 2 amide bonds. The molecule has 0 spiro atoms. The Labute approximate surface area is 196 Å². The first-order valence-electron chi connectivity index (χ1n) is 9.19. The van der Waals surface area contributed by atoms with Crippen LogP contribution in [0.25, 0.3) is 0 Å². The van der Waals surface area contributed by atoms with E-state index < -0.39 is 24.2 Å². The van der Waals surface area contributed by atoms with Crippen LogP contribution in [0.1, 0.15) is 24.5 Å². The molecular formula is C21H22Br2N2O6. The van der Waals surface area contributed by atoms with E-state index in [-0.39, 0.29) is 5.75 Å². The number of hydrogen-bond acceptors (Lipinski definition) is 6. The normalized spacial score (nSPS) is 12.9. The summed E-state index contributed by atoms with van der Waals surface area (Å²) in [5.74, 6) is -0.740. The summed E-state index contributed by atoms with van der Waals surface area (Å²) in [4.78, 5) is 23.7. The summed E-state index contributed by atoms with van der Waals surface area (Å²) < 4.78 is 12.3. The van der Waals surface area contributed by atoms with E-state index in [1.165, 1.54) is 18.7 Å².